The van der Waals surface area contributed by atoms with Crippen LogP contribution in [0.2, 0.25) is 0 Å². The van der Waals surface area contributed by atoms with Gasteiger partial charge in [0.05, 0.1) is 0 Å². The van der Waals surface area contributed by atoms with Gasteiger partial charge in [-0.05, 0) is 37.4 Å². The second-order valence-corrected chi connectivity index (χ2v) is 3.76. The molecule has 0 amide bonds. The van der Waals surface area contributed by atoms with E-state index in [9.17, 15) is 0 Å². The maximum atomic E-state index is 5.55. The van der Waals surface area contributed by atoms with Crippen molar-refractivity contribution in [3.05, 3.63) is 18.3 Å². The van der Waals surface area contributed by atoms with Crippen LogP contribution in [0.4, 0.5) is 5.82 Å². The average molecular weight is 192 g/mol. The molecule has 14 heavy (non-hydrogen) atoms. The molecule has 4 nitrogen and oxygen atoms in total. The second-order valence-electron chi connectivity index (χ2n) is 3.76. The van der Waals surface area contributed by atoms with Gasteiger partial charge < -0.3 is 10.6 Å². The summed E-state index contributed by atoms with van der Waals surface area (Å²) in [6.45, 7) is 2.96. The molecule has 1 fully saturated rings. The summed E-state index contributed by atoms with van der Waals surface area (Å²) in [5.74, 6) is 1.73. The first-order valence-corrected chi connectivity index (χ1v) is 5.13. The predicted molar refractivity (Wildman–Crippen MR) is 56.0 cm³/mol. The lowest BCUT2D eigenvalue weighted by atomic mass is 10.1. The predicted octanol–water partition coefficient (Wildman–Crippen LogP) is 0.652. The van der Waals surface area contributed by atoms with Gasteiger partial charge in [0.1, 0.15) is 0 Å². The van der Waals surface area contributed by atoms with Crippen molar-refractivity contribution in [2.24, 2.45) is 11.7 Å². The fourth-order valence-electron chi connectivity index (χ4n) is 1.97. The van der Waals surface area contributed by atoms with Crippen molar-refractivity contribution in [3.8, 4) is 0 Å². The Morgan fingerprint density at radius 2 is 2.50 bits per heavy atom. The molecule has 0 aromatic carbocycles. The van der Waals surface area contributed by atoms with Gasteiger partial charge in [-0.25, -0.2) is 0 Å². The van der Waals surface area contributed by atoms with E-state index in [-0.39, 0.29) is 0 Å². The minimum atomic E-state index is 0.738. The number of nitrogens with zero attached hydrogens (tertiary/aromatic N) is 3. The van der Waals surface area contributed by atoms with Crippen LogP contribution in [-0.2, 0) is 0 Å². The van der Waals surface area contributed by atoms with Gasteiger partial charge >= 0.3 is 0 Å². The Kier molecular flexibility index (Phi) is 2.93. The van der Waals surface area contributed by atoms with E-state index in [4.69, 9.17) is 5.73 Å². The first-order valence-electron chi connectivity index (χ1n) is 5.13. The van der Waals surface area contributed by atoms with Crippen molar-refractivity contribution in [2.45, 2.75) is 12.8 Å². The highest BCUT2D eigenvalue weighted by molar-refractivity contribution is 5.37. The maximum Gasteiger partial charge on any atom is 0.151 e. The van der Waals surface area contributed by atoms with Crippen LogP contribution in [-0.4, -0.2) is 29.8 Å². The Morgan fingerprint density at radius 3 is 3.21 bits per heavy atom. The molecule has 1 saturated heterocycles. The van der Waals surface area contributed by atoms with E-state index in [1.807, 2.05) is 12.1 Å². The molecule has 76 valence electrons. The molecule has 0 bridgehead atoms. The molecule has 0 spiro atoms. The smallest absolute Gasteiger partial charge is 0.151 e. The van der Waals surface area contributed by atoms with Gasteiger partial charge in [-0.15, -0.1) is 5.10 Å². The Balaban J connectivity index is 1.96. The molecule has 1 aliphatic rings. The summed E-state index contributed by atoms with van der Waals surface area (Å²) in [6, 6.07) is 3.94. The topological polar surface area (TPSA) is 55.0 Å². The van der Waals surface area contributed by atoms with Crippen LogP contribution < -0.4 is 10.6 Å². The monoisotopic (exact) mass is 192 g/mol. The SMILES string of the molecule is NCCC1CCN(c2cccnn2)C1. The highest BCUT2D eigenvalue weighted by Crippen LogP contribution is 2.22. The molecule has 0 radical (unpaired) electrons. The van der Waals surface area contributed by atoms with E-state index in [2.05, 4.69) is 15.1 Å². The van der Waals surface area contributed by atoms with E-state index in [0.717, 1.165) is 37.8 Å². The molecular weight excluding hydrogens is 176 g/mol. The summed E-state index contributed by atoms with van der Waals surface area (Å²) >= 11 is 0. The largest absolute Gasteiger partial charge is 0.355 e. The van der Waals surface area contributed by atoms with E-state index < -0.39 is 0 Å². The van der Waals surface area contributed by atoms with E-state index in [1.165, 1.54) is 6.42 Å². The quantitative estimate of drug-likeness (QED) is 0.764. The molecule has 1 aliphatic heterocycles. The highest BCUT2D eigenvalue weighted by Gasteiger charge is 2.22. The summed E-state index contributed by atoms with van der Waals surface area (Å²) in [5.41, 5.74) is 5.55. The van der Waals surface area contributed by atoms with Crippen LogP contribution in [0, 0.1) is 5.92 Å². The molecule has 2 rings (SSSR count). The van der Waals surface area contributed by atoms with Crippen LogP contribution in [0.5, 0.6) is 0 Å². The van der Waals surface area contributed by atoms with Crippen LogP contribution in [0.1, 0.15) is 12.8 Å². The van der Waals surface area contributed by atoms with Crippen LogP contribution in [0.15, 0.2) is 18.3 Å². The number of aromatic nitrogens is 2. The van der Waals surface area contributed by atoms with Crippen LogP contribution >= 0.6 is 0 Å². The van der Waals surface area contributed by atoms with Crippen molar-refractivity contribution in [1.82, 2.24) is 10.2 Å². The van der Waals surface area contributed by atoms with Gasteiger partial charge in [-0.1, -0.05) is 0 Å². The summed E-state index contributed by atoms with van der Waals surface area (Å²) in [7, 11) is 0. The molecule has 1 unspecified atom stereocenters. The Morgan fingerprint density at radius 1 is 1.57 bits per heavy atom. The molecule has 0 aliphatic carbocycles. The lowest BCUT2D eigenvalue weighted by Crippen LogP contribution is -2.21. The van der Waals surface area contributed by atoms with Crippen LogP contribution in [0.3, 0.4) is 0 Å². The van der Waals surface area contributed by atoms with E-state index >= 15 is 0 Å². The molecule has 0 saturated carbocycles. The van der Waals surface area contributed by atoms with Crippen molar-refractivity contribution in [2.75, 3.05) is 24.5 Å². The van der Waals surface area contributed by atoms with Crippen molar-refractivity contribution in [1.29, 1.82) is 0 Å². The Labute approximate surface area is 84.1 Å². The summed E-state index contributed by atoms with van der Waals surface area (Å²) in [5, 5.41) is 7.98. The van der Waals surface area contributed by atoms with E-state index in [1.54, 1.807) is 6.20 Å². The number of rotatable bonds is 3. The van der Waals surface area contributed by atoms with Gasteiger partial charge in [0.2, 0.25) is 0 Å². The third-order valence-corrected chi connectivity index (χ3v) is 2.74. The summed E-state index contributed by atoms with van der Waals surface area (Å²) < 4.78 is 0. The summed E-state index contributed by atoms with van der Waals surface area (Å²) in [4.78, 5) is 2.29. The lowest BCUT2D eigenvalue weighted by Gasteiger charge is -2.16. The van der Waals surface area contributed by atoms with Crippen molar-refractivity contribution >= 4 is 5.82 Å². The molecular formula is C10H16N4. The standard InChI is InChI=1S/C10H16N4/c11-5-3-9-4-7-14(8-9)10-2-1-6-12-13-10/h1-2,6,9H,3-5,7-8,11H2. The minimum Gasteiger partial charge on any atom is -0.355 e. The van der Waals surface area contributed by atoms with Gasteiger partial charge in [0.25, 0.3) is 0 Å². The van der Waals surface area contributed by atoms with Crippen molar-refractivity contribution < 1.29 is 0 Å². The average Bonchev–Trinajstić information content (AvgIpc) is 2.68. The van der Waals surface area contributed by atoms with Gasteiger partial charge in [0, 0.05) is 19.3 Å². The molecule has 1 atom stereocenters. The van der Waals surface area contributed by atoms with Gasteiger partial charge in [-0.2, -0.15) is 5.10 Å². The van der Waals surface area contributed by atoms with Gasteiger partial charge in [-0.3, -0.25) is 0 Å². The van der Waals surface area contributed by atoms with E-state index in [0.29, 0.717) is 0 Å². The van der Waals surface area contributed by atoms with Gasteiger partial charge in [0.15, 0.2) is 5.82 Å². The first-order chi connectivity index (χ1) is 6.90. The lowest BCUT2D eigenvalue weighted by molar-refractivity contribution is 0.546. The number of hydrogen-bond donors (Lipinski definition) is 1. The molecule has 2 heterocycles. The number of hydrogen-bond acceptors (Lipinski definition) is 4. The fraction of sp³-hybridized carbons (Fsp3) is 0.600. The van der Waals surface area contributed by atoms with Crippen molar-refractivity contribution in [3.63, 3.8) is 0 Å². The normalized spacial score (nSPS) is 21.5. The second kappa shape index (κ2) is 4.37. The summed E-state index contributed by atoms with van der Waals surface area (Å²) in [6.07, 6.45) is 4.06. The Bertz CT molecular complexity index is 275. The third kappa shape index (κ3) is 2.01. The highest BCUT2D eigenvalue weighted by atomic mass is 15.3. The fourth-order valence-corrected chi connectivity index (χ4v) is 1.97. The number of anilines is 1. The zero-order valence-corrected chi connectivity index (χ0v) is 8.26. The molecule has 2 N–H and O–H groups in total. The minimum absolute atomic E-state index is 0.738. The first kappa shape index (κ1) is 9.40. The number of nitrogens with two attached hydrogens (primary N) is 1. The third-order valence-electron chi connectivity index (χ3n) is 2.74. The molecule has 1 aromatic heterocycles. The zero-order chi connectivity index (χ0) is 9.80. The molecule has 1 aromatic rings. The molecule has 4 heteroatoms. The Hall–Kier alpha value is -1.16. The van der Waals surface area contributed by atoms with Crippen LogP contribution in [0.25, 0.3) is 0 Å². The maximum absolute atomic E-state index is 5.55. The zero-order valence-electron chi connectivity index (χ0n) is 8.26.